The van der Waals surface area contributed by atoms with Gasteiger partial charge in [-0.1, -0.05) is 30.3 Å². The van der Waals surface area contributed by atoms with Crippen LogP contribution >= 0.6 is 11.3 Å². The molecule has 0 fully saturated rings. The number of rotatable bonds is 8. The van der Waals surface area contributed by atoms with E-state index in [-0.39, 0.29) is 16.7 Å². The molecule has 0 saturated heterocycles. The number of nitrogens with one attached hydrogen (secondary N) is 1. The highest BCUT2D eigenvalue weighted by Gasteiger charge is 2.23. The van der Waals surface area contributed by atoms with Crippen LogP contribution in [0.15, 0.2) is 64.4 Å². The molecule has 27 heavy (non-hydrogen) atoms. The SMILES string of the molecule is CN(CC(=O)NCc1ccc(Cn2cccn2)cc1)S(=O)(=O)c1cccs1. The quantitative estimate of drug-likeness (QED) is 0.622. The fourth-order valence-electron chi connectivity index (χ4n) is 2.45. The van der Waals surface area contributed by atoms with Gasteiger partial charge in [0.25, 0.3) is 10.0 Å². The molecule has 0 radical (unpaired) electrons. The molecule has 3 aromatic rings. The van der Waals surface area contributed by atoms with E-state index in [1.165, 1.54) is 13.1 Å². The van der Waals surface area contributed by atoms with Crippen LogP contribution in [0.2, 0.25) is 0 Å². The molecule has 0 bridgehead atoms. The first-order chi connectivity index (χ1) is 12.9. The van der Waals surface area contributed by atoms with E-state index in [1.807, 2.05) is 41.2 Å². The van der Waals surface area contributed by atoms with Crippen LogP contribution in [0.25, 0.3) is 0 Å². The molecule has 142 valence electrons. The van der Waals surface area contributed by atoms with Gasteiger partial charge in [-0.2, -0.15) is 9.40 Å². The summed E-state index contributed by atoms with van der Waals surface area (Å²) in [5, 5.41) is 8.61. The zero-order chi connectivity index (χ0) is 19.3. The predicted molar refractivity (Wildman–Crippen MR) is 104 cm³/mol. The van der Waals surface area contributed by atoms with Crippen LogP contribution in [-0.2, 0) is 27.9 Å². The maximum absolute atomic E-state index is 12.3. The zero-order valence-electron chi connectivity index (χ0n) is 14.8. The van der Waals surface area contributed by atoms with E-state index in [0.717, 1.165) is 26.8 Å². The first kappa shape index (κ1) is 19.3. The Balaban J connectivity index is 1.50. The number of hydrogen-bond acceptors (Lipinski definition) is 5. The molecular weight excluding hydrogens is 384 g/mol. The van der Waals surface area contributed by atoms with E-state index in [1.54, 1.807) is 17.6 Å². The summed E-state index contributed by atoms with van der Waals surface area (Å²) in [7, 11) is -2.22. The van der Waals surface area contributed by atoms with Crippen molar-refractivity contribution in [3.05, 3.63) is 71.4 Å². The fourth-order valence-corrected chi connectivity index (χ4v) is 4.78. The smallest absolute Gasteiger partial charge is 0.252 e. The minimum absolute atomic E-state index is 0.225. The number of nitrogens with zero attached hydrogens (tertiary/aromatic N) is 3. The molecule has 0 atom stereocenters. The maximum Gasteiger partial charge on any atom is 0.252 e. The highest BCUT2D eigenvalue weighted by molar-refractivity contribution is 7.91. The molecule has 0 aliphatic carbocycles. The van der Waals surface area contributed by atoms with E-state index < -0.39 is 10.0 Å². The summed E-state index contributed by atoms with van der Waals surface area (Å²) in [4.78, 5) is 12.1. The Bertz CT molecular complexity index is 966. The number of likely N-dealkylation sites (N-methyl/N-ethyl adjacent to an activating group) is 1. The lowest BCUT2D eigenvalue weighted by atomic mass is 10.1. The summed E-state index contributed by atoms with van der Waals surface area (Å²) >= 11 is 1.13. The number of benzene rings is 1. The van der Waals surface area contributed by atoms with Crippen molar-refractivity contribution in [1.82, 2.24) is 19.4 Å². The number of aromatic nitrogens is 2. The summed E-state index contributed by atoms with van der Waals surface area (Å²) in [5.74, 6) is -0.349. The molecule has 0 aliphatic rings. The lowest BCUT2D eigenvalue weighted by Crippen LogP contribution is -2.37. The van der Waals surface area contributed by atoms with Crippen LogP contribution in [0.4, 0.5) is 0 Å². The largest absolute Gasteiger partial charge is 0.351 e. The molecule has 1 N–H and O–H groups in total. The Kier molecular flexibility index (Phi) is 6.04. The second kappa shape index (κ2) is 8.47. The average Bonchev–Trinajstić information content (AvgIpc) is 3.35. The van der Waals surface area contributed by atoms with Crippen LogP contribution in [0.5, 0.6) is 0 Å². The van der Waals surface area contributed by atoms with Crippen molar-refractivity contribution in [2.75, 3.05) is 13.6 Å². The molecule has 2 aromatic heterocycles. The van der Waals surface area contributed by atoms with Gasteiger partial charge in [0, 0.05) is 26.0 Å². The standard InChI is InChI=1S/C18H20N4O3S2/c1-21(27(24,25)18-4-2-11-26-18)14-17(23)19-12-15-5-7-16(8-6-15)13-22-10-3-9-20-22/h2-11H,12-14H2,1H3,(H,19,23). The molecule has 0 aliphatic heterocycles. The maximum atomic E-state index is 12.3. The van der Waals surface area contributed by atoms with Crippen LogP contribution in [-0.4, -0.2) is 42.0 Å². The number of carbonyl (C=O) groups excluding carboxylic acids is 1. The number of amides is 1. The molecule has 3 rings (SSSR count). The van der Waals surface area contributed by atoms with Crippen LogP contribution < -0.4 is 5.32 Å². The van der Waals surface area contributed by atoms with E-state index in [2.05, 4.69) is 10.4 Å². The van der Waals surface area contributed by atoms with Crippen molar-refractivity contribution in [1.29, 1.82) is 0 Å². The van der Waals surface area contributed by atoms with E-state index >= 15 is 0 Å². The van der Waals surface area contributed by atoms with Crippen molar-refractivity contribution in [3.63, 3.8) is 0 Å². The summed E-state index contributed by atoms with van der Waals surface area (Å²) in [6, 6.07) is 12.9. The third-order valence-corrected chi connectivity index (χ3v) is 7.12. The highest BCUT2D eigenvalue weighted by atomic mass is 32.2. The minimum atomic E-state index is -3.62. The first-order valence-corrected chi connectivity index (χ1v) is 10.6. The monoisotopic (exact) mass is 404 g/mol. The van der Waals surface area contributed by atoms with Crippen molar-refractivity contribution in [2.24, 2.45) is 0 Å². The summed E-state index contributed by atoms with van der Waals surface area (Å²) in [6.45, 7) is 0.802. The Morgan fingerprint density at radius 3 is 2.56 bits per heavy atom. The fraction of sp³-hybridized carbons (Fsp3) is 0.222. The second-order valence-electron chi connectivity index (χ2n) is 5.99. The predicted octanol–water partition coefficient (Wildman–Crippen LogP) is 1.93. The third-order valence-electron chi connectivity index (χ3n) is 3.94. The zero-order valence-corrected chi connectivity index (χ0v) is 16.4. The van der Waals surface area contributed by atoms with Gasteiger partial charge < -0.3 is 5.32 Å². The number of thiophene rings is 1. The second-order valence-corrected chi connectivity index (χ2v) is 9.21. The van der Waals surface area contributed by atoms with Gasteiger partial charge in [0.15, 0.2) is 0 Å². The topological polar surface area (TPSA) is 84.3 Å². The summed E-state index contributed by atoms with van der Waals surface area (Å²) in [6.07, 6.45) is 3.63. The molecule has 2 heterocycles. The highest BCUT2D eigenvalue weighted by Crippen LogP contribution is 2.19. The molecule has 0 spiro atoms. The average molecular weight is 405 g/mol. The number of sulfonamides is 1. The molecule has 1 amide bonds. The van der Waals surface area contributed by atoms with Crippen LogP contribution in [0.1, 0.15) is 11.1 Å². The van der Waals surface area contributed by atoms with Gasteiger partial charge in [0.2, 0.25) is 5.91 Å². The molecule has 9 heteroatoms. The van der Waals surface area contributed by atoms with Crippen molar-refractivity contribution >= 4 is 27.3 Å². The van der Waals surface area contributed by atoms with Crippen LogP contribution in [0.3, 0.4) is 0 Å². The number of carbonyl (C=O) groups is 1. The van der Waals surface area contributed by atoms with Gasteiger partial charge in [0.1, 0.15) is 4.21 Å². The van der Waals surface area contributed by atoms with Crippen LogP contribution in [0, 0.1) is 0 Å². The minimum Gasteiger partial charge on any atom is -0.351 e. The third kappa shape index (κ3) is 5.03. The Labute approximate surface area is 162 Å². The Hall–Kier alpha value is -2.49. The van der Waals surface area contributed by atoms with Gasteiger partial charge in [-0.25, -0.2) is 8.42 Å². The van der Waals surface area contributed by atoms with E-state index in [0.29, 0.717) is 13.1 Å². The Morgan fingerprint density at radius 2 is 1.93 bits per heavy atom. The van der Waals surface area contributed by atoms with Crippen molar-refractivity contribution < 1.29 is 13.2 Å². The summed E-state index contributed by atoms with van der Waals surface area (Å²) in [5.41, 5.74) is 2.05. The Morgan fingerprint density at radius 1 is 1.19 bits per heavy atom. The molecule has 1 aromatic carbocycles. The lowest BCUT2D eigenvalue weighted by Gasteiger charge is -2.15. The lowest BCUT2D eigenvalue weighted by molar-refractivity contribution is -0.121. The van der Waals surface area contributed by atoms with Crippen molar-refractivity contribution in [2.45, 2.75) is 17.3 Å². The molecular formula is C18H20N4O3S2. The molecule has 0 saturated carbocycles. The molecule has 0 unspecified atom stereocenters. The number of hydrogen-bond donors (Lipinski definition) is 1. The van der Waals surface area contributed by atoms with Gasteiger partial charge in [-0.15, -0.1) is 11.3 Å². The first-order valence-electron chi connectivity index (χ1n) is 8.27. The van der Waals surface area contributed by atoms with Crippen molar-refractivity contribution in [3.8, 4) is 0 Å². The van der Waals surface area contributed by atoms with Gasteiger partial charge >= 0.3 is 0 Å². The summed E-state index contributed by atoms with van der Waals surface area (Å²) < 4.78 is 27.8. The van der Waals surface area contributed by atoms with Gasteiger partial charge in [-0.3, -0.25) is 9.48 Å². The van der Waals surface area contributed by atoms with E-state index in [9.17, 15) is 13.2 Å². The molecule has 7 nitrogen and oxygen atoms in total. The van der Waals surface area contributed by atoms with E-state index in [4.69, 9.17) is 0 Å². The van der Waals surface area contributed by atoms with Gasteiger partial charge in [0.05, 0.1) is 13.1 Å². The normalized spacial score (nSPS) is 11.6. The van der Waals surface area contributed by atoms with Gasteiger partial charge in [-0.05, 0) is 28.6 Å².